The van der Waals surface area contributed by atoms with E-state index in [2.05, 4.69) is 10.2 Å². The molecule has 1 unspecified atom stereocenters. The number of aliphatic hydroxyl groups excluding tert-OH is 1. The third-order valence-electron chi connectivity index (χ3n) is 9.44. The van der Waals surface area contributed by atoms with Crippen molar-refractivity contribution in [2.24, 2.45) is 29.6 Å². The SMILES string of the molecule is O=C(NC1C2CC3CC(C2)CC1C3)c1ccc(N2CC[C@@H](C(O)C(=O)O)C2)nc1SC1CCCC1. The topological polar surface area (TPSA) is 103 Å². The fraction of sp³-hybridized carbons (Fsp3) is 0.741. The number of aliphatic hydroxyl groups is 1. The summed E-state index contributed by atoms with van der Waals surface area (Å²) in [5.74, 6) is 2.35. The summed E-state index contributed by atoms with van der Waals surface area (Å²) < 4.78 is 0. The molecule has 7 rings (SSSR count). The molecule has 6 aliphatic rings. The molecule has 0 aromatic carbocycles. The van der Waals surface area contributed by atoms with Gasteiger partial charge in [0, 0.05) is 30.3 Å². The van der Waals surface area contributed by atoms with Gasteiger partial charge in [-0.25, -0.2) is 9.78 Å². The van der Waals surface area contributed by atoms with E-state index >= 15 is 0 Å². The lowest BCUT2D eigenvalue weighted by molar-refractivity contribution is -0.149. The van der Waals surface area contributed by atoms with Crippen molar-refractivity contribution in [1.29, 1.82) is 0 Å². The highest BCUT2D eigenvalue weighted by Crippen LogP contribution is 2.53. The molecule has 8 heteroatoms. The number of rotatable bonds is 7. The number of nitrogens with zero attached hydrogens (tertiary/aromatic N) is 2. The molecule has 4 bridgehead atoms. The second-order valence-electron chi connectivity index (χ2n) is 11.8. The zero-order valence-electron chi connectivity index (χ0n) is 20.3. The van der Waals surface area contributed by atoms with Gasteiger partial charge in [0.15, 0.2) is 6.10 Å². The molecule has 1 aromatic rings. The largest absolute Gasteiger partial charge is 0.479 e. The lowest BCUT2D eigenvalue weighted by atomic mass is 9.54. The minimum absolute atomic E-state index is 0.0163. The van der Waals surface area contributed by atoms with Crippen LogP contribution in [0.5, 0.6) is 0 Å². The standard InChI is InChI=1S/C27H37N3O4S/c31-24(27(33)34)17-7-8-30(14-17)22-6-5-21(26(28-22)35-20-3-1-2-4-20)25(32)29-23-18-10-15-9-16(12-18)13-19(23)11-15/h5-6,15-20,23-24,31H,1-4,7-14H2,(H,29,32)(H,33,34)/t15?,16?,17-,18?,19?,23?,24?/m1/s1. The van der Waals surface area contributed by atoms with Gasteiger partial charge in [0.1, 0.15) is 10.8 Å². The number of carbonyl (C=O) groups is 2. The van der Waals surface area contributed by atoms with E-state index in [1.165, 1.54) is 44.9 Å². The van der Waals surface area contributed by atoms with E-state index < -0.39 is 12.1 Å². The number of anilines is 1. The summed E-state index contributed by atoms with van der Waals surface area (Å²) in [6.07, 6.45) is 10.5. The van der Waals surface area contributed by atoms with Gasteiger partial charge in [-0.1, -0.05) is 12.8 Å². The van der Waals surface area contributed by atoms with Crippen molar-refractivity contribution in [2.45, 2.75) is 86.6 Å². The molecular weight excluding hydrogens is 462 g/mol. The maximum Gasteiger partial charge on any atom is 0.332 e. The zero-order valence-corrected chi connectivity index (χ0v) is 21.1. The predicted octanol–water partition coefficient (Wildman–Crippen LogP) is 3.94. The quantitative estimate of drug-likeness (QED) is 0.522. The van der Waals surface area contributed by atoms with Gasteiger partial charge in [-0.2, -0.15) is 0 Å². The molecule has 5 aliphatic carbocycles. The maximum atomic E-state index is 13.6. The normalized spacial score (nSPS) is 34.9. The molecule has 2 atom stereocenters. The van der Waals surface area contributed by atoms with Crippen molar-refractivity contribution >= 4 is 29.5 Å². The van der Waals surface area contributed by atoms with Crippen molar-refractivity contribution in [3.05, 3.63) is 17.7 Å². The van der Waals surface area contributed by atoms with Gasteiger partial charge in [-0.15, -0.1) is 11.8 Å². The molecule has 1 saturated heterocycles. The first-order valence-corrected chi connectivity index (χ1v) is 14.5. The Labute approximate surface area is 211 Å². The van der Waals surface area contributed by atoms with E-state index in [1.54, 1.807) is 11.8 Å². The van der Waals surface area contributed by atoms with Gasteiger partial charge in [-0.05, 0) is 87.2 Å². The Hall–Kier alpha value is -1.80. The van der Waals surface area contributed by atoms with Crippen LogP contribution in [0.4, 0.5) is 5.82 Å². The Kier molecular flexibility index (Phi) is 6.46. The molecule has 5 saturated carbocycles. The fourth-order valence-corrected chi connectivity index (χ4v) is 9.20. The van der Waals surface area contributed by atoms with Crippen molar-refractivity contribution in [1.82, 2.24) is 10.3 Å². The molecule has 190 valence electrons. The average Bonchev–Trinajstić information content (AvgIpc) is 3.53. The number of hydrogen-bond acceptors (Lipinski definition) is 6. The van der Waals surface area contributed by atoms with E-state index in [1.807, 2.05) is 12.1 Å². The summed E-state index contributed by atoms with van der Waals surface area (Å²) in [5.41, 5.74) is 0.681. The Morgan fingerprint density at radius 3 is 2.37 bits per heavy atom. The Bertz CT molecular complexity index is 953. The highest BCUT2D eigenvalue weighted by Gasteiger charge is 2.48. The number of thioether (sulfide) groups is 1. The van der Waals surface area contributed by atoms with Crippen molar-refractivity contribution in [2.75, 3.05) is 18.0 Å². The highest BCUT2D eigenvalue weighted by molar-refractivity contribution is 7.99. The van der Waals surface area contributed by atoms with Crippen LogP contribution in [-0.4, -0.2) is 57.6 Å². The highest BCUT2D eigenvalue weighted by atomic mass is 32.2. The first kappa shape index (κ1) is 23.6. The number of carboxylic acid groups (broad SMARTS) is 1. The first-order valence-electron chi connectivity index (χ1n) is 13.6. The average molecular weight is 500 g/mol. The number of pyridine rings is 1. The summed E-state index contributed by atoms with van der Waals surface area (Å²) in [4.78, 5) is 31.8. The molecule has 1 aliphatic heterocycles. The molecule has 1 aromatic heterocycles. The second-order valence-corrected chi connectivity index (χ2v) is 13.0. The van der Waals surface area contributed by atoms with Crippen LogP contribution in [0.15, 0.2) is 17.2 Å². The summed E-state index contributed by atoms with van der Waals surface area (Å²) in [6, 6.07) is 4.13. The third kappa shape index (κ3) is 4.68. The van der Waals surface area contributed by atoms with Crippen LogP contribution in [0.3, 0.4) is 0 Å². The number of aromatic nitrogens is 1. The Morgan fingerprint density at radius 1 is 1.03 bits per heavy atom. The second kappa shape index (κ2) is 9.58. The van der Waals surface area contributed by atoms with Crippen molar-refractivity contribution in [3.63, 3.8) is 0 Å². The smallest absolute Gasteiger partial charge is 0.332 e. The fourth-order valence-electron chi connectivity index (χ4n) is 7.88. The molecule has 2 heterocycles. The van der Waals surface area contributed by atoms with E-state index in [9.17, 15) is 19.8 Å². The van der Waals surface area contributed by atoms with Gasteiger partial charge >= 0.3 is 5.97 Å². The summed E-state index contributed by atoms with van der Waals surface area (Å²) in [5, 5.41) is 23.9. The molecule has 6 fully saturated rings. The number of amides is 1. The van der Waals surface area contributed by atoms with Crippen LogP contribution in [0.25, 0.3) is 0 Å². The molecule has 1 amide bonds. The number of aliphatic carboxylic acids is 1. The van der Waals surface area contributed by atoms with Crippen LogP contribution >= 0.6 is 11.8 Å². The van der Waals surface area contributed by atoms with Gasteiger partial charge in [0.2, 0.25) is 0 Å². The lowest BCUT2D eigenvalue weighted by Crippen LogP contribution is -2.55. The van der Waals surface area contributed by atoms with E-state index in [-0.39, 0.29) is 11.8 Å². The predicted molar refractivity (Wildman–Crippen MR) is 135 cm³/mol. The van der Waals surface area contributed by atoms with E-state index in [0.717, 1.165) is 35.5 Å². The number of nitrogens with one attached hydrogen (secondary N) is 1. The van der Waals surface area contributed by atoms with Crippen LogP contribution in [0, 0.1) is 29.6 Å². The Morgan fingerprint density at radius 2 is 1.71 bits per heavy atom. The van der Waals surface area contributed by atoms with Crippen LogP contribution in [-0.2, 0) is 4.79 Å². The van der Waals surface area contributed by atoms with Gasteiger partial charge in [0.25, 0.3) is 5.91 Å². The zero-order chi connectivity index (χ0) is 24.1. The first-order chi connectivity index (χ1) is 16.9. The Balaban J connectivity index is 1.21. The van der Waals surface area contributed by atoms with Gasteiger partial charge < -0.3 is 20.4 Å². The molecule has 3 N–H and O–H groups in total. The minimum Gasteiger partial charge on any atom is -0.479 e. The molecule has 0 spiro atoms. The molecular formula is C27H37N3O4S. The van der Waals surface area contributed by atoms with Gasteiger partial charge in [-0.3, -0.25) is 4.79 Å². The van der Waals surface area contributed by atoms with Crippen LogP contribution in [0.1, 0.15) is 74.6 Å². The maximum absolute atomic E-state index is 13.6. The van der Waals surface area contributed by atoms with E-state index in [0.29, 0.717) is 48.2 Å². The summed E-state index contributed by atoms with van der Waals surface area (Å²) in [6.45, 7) is 1.13. The van der Waals surface area contributed by atoms with Crippen LogP contribution < -0.4 is 10.2 Å². The monoisotopic (exact) mass is 499 g/mol. The molecule has 7 nitrogen and oxygen atoms in total. The van der Waals surface area contributed by atoms with Gasteiger partial charge in [0.05, 0.1) is 5.56 Å². The minimum atomic E-state index is -1.35. The van der Waals surface area contributed by atoms with Crippen molar-refractivity contribution < 1.29 is 19.8 Å². The van der Waals surface area contributed by atoms with Crippen molar-refractivity contribution in [3.8, 4) is 0 Å². The number of carboxylic acids is 1. The van der Waals surface area contributed by atoms with Crippen LogP contribution in [0.2, 0.25) is 0 Å². The number of carbonyl (C=O) groups excluding carboxylic acids is 1. The van der Waals surface area contributed by atoms with E-state index in [4.69, 9.17) is 4.98 Å². The summed E-state index contributed by atoms with van der Waals surface area (Å²) >= 11 is 1.74. The molecule has 0 radical (unpaired) electrons. The lowest BCUT2D eigenvalue weighted by Gasteiger charge is -2.54. The summed E-state index contributed by atoms with van der Waals surface area (Å²) in [7, 11) is 0. The number of hydrogen-bond donors (Lipinski definition) is 3. The third-order valence-corrected chi connectivity index (χ3v) is 10.8. The molecule has 35 heavy (non-hydrogen) atoms.